The van der Waals surface area contributed by atoms with Gasteiger partial charge in [-0.3, -0.25) is 4.90 Å². The standard InChI is InChI=1S/C18H36N2S/c1-6-14(4)17-12-20(18(11-19-17)13(2)3)15-8-7-9-16(10-15)21-5/h13-19H,6-12H2,1-5H3. The van der Waals surface area contributed by atoms with Gasteiger partial charge in [-0.05, 0) is 37.4 Å². The van der Waals surface area contributed by atoms with Crippen molar-refractivity contribution in [1.29, 1.82) is 0 Å². The first-order chi connectivity index (χ1) is 10.1. The number of rotatable bonds is 5. The van der Waals surface area contributed by atoms with E-state index in [1.54, 1.807) is 0 Å². The lowest BCUT2D eigenvalue weighted by atomic mass is 9.86. The fourth-order valence-electron chi connectivity index (χ4n) is 4.16. The van der Waals surface area contributed by atoms with E-state index in [4.69, 9.17) is 0 Å². The maximum Gasteiger partial charge on any atom is 0.0247 e. The van der Waals surface area contributed by atoms with Gasteiger partial charge in [0.1, 0.15) is 0 Å². The molecule has 0 aromatic heterocycles. The van der Waals surface area contributed by atoms with Gasteiger partial charge in [-0.1, -0.05) is 40.5 Å². The van der Waals surface area contributed by atoms with Gasteiger partial charge in [-0.15, -0.1) is 0 Å². The van der Waals surface area contributed by atoms with E-state index in [2.05, 4.69) is 55.9 Å². The topological polar surface area (TPSA) is 15.3 Å². The molecule has 21 heavy (non-hydrogen) atoms. The Bertz CT molecular complexity index is 306. The lowest BCUT2D eigenvalue weighted by molar-refractivity contribution is 0.0296. The van der Waals surface area contributed by atoms with E-state index in [1.165, 1.54) is 45.2 Å². The van der Waals surface area contributed by atoms with Crippen LogP contribution in [0.15, 0.2) is 0 Å². The molecule has 1 N–H and O–H groups in total. The highest BCUT2D eigenvalue weighted by molar-refractivity contribution is 7.99. The van der Waals surface area contributed by atoms with Gasteiger partial charge < -0.3 is 5.32 Å². The monoisotopic (exact) mass is 312 g/mol. The first kappa shape index (κ1) is 17.6. The van der Waals surface area contributed by atoms with Gasteiger partial charge in [-0.25, -0.2) is 0 Å². The number of nitrogens with one attached hydrogen (secondary N) is 1. The van der Waals surface area contributed by atoms with Crippen LogP contribution in [-0.4, -0.2) is 47.6 Å². The van der Waals surface area contributed by atoms with Crippen molar-refractivity contribution in [1.82, 2.24) is 10.2 Å². The first-order valence-electron chi connectivity index (χ1n) is 9.08. The predicted molar refractivity (Wildman–Crippen MR) is 96.1 cm³/mol. The van der Waals surface area contributed by atoms with Gasteiger partial charge in [0.25, 0.3) is 0 Å². The zero-order valence-corrected chi connectivity index (χ0v) is 15.6. The minimum atomic E-state index is 0.694. The summed E-state index contributed by atoms with van der Waals surface area (Å²) in [7, 11) is 0. The molecule has 124 valence electrons. The summed E-state index contributed by atoms with van der Waals surface area (Å²) >= 11 is 2.09. The van der Waals surface area contributed by atoms with Crippen molar-refractivity contribution in [3.63, 3.8) is 0 Å². The second-order valence-corrected chi connectivity index (χ2v) is 8.72. The van der Waals surface area contributed by atoms with E-state index in [1.807, 2.05) is 0 Å². The summed E-state index contributed by atoms with van der Waals surface area (Å²) in [6.07, 6.45) is 9.29. The van der Waals surface area contributed by atoms with E-state index >= 15 is 0 Å². The van der Waals surface area contributed by atoms with Gasteiger partial charge in [-0.2, -0.15) is 11.8 Å². The third kappa shape index (κ3) is 4.39. The predicted octanol–water partition coefficient (Wildman–Crippen LogP) is 4.01. The molecule has 5 unspecified atom stereocenters. The maximum absolute atomic E-state index is 3.85. The van der Waals surface area contributed by atoms with Crippen molar-refractivity contribution in [3.05, 3.63) is 0 Å². The van der Waals surface area contributed by atoms with E-state index < -0.39 is 0 Å². The van der Waals surface area contributed by atoms with E-state index in [0.29, 0.717) is 6.04 Å². The molecular formula is C18H36N2S. The second kappa shape index (κ2) is 8.21. The number of piperazine rings is 1. The van der Waals surface area contributed by atoms with Crippen LogP contribution in [0.1, 0.15) is 59.8 Å². The summed E-state index contributed by atoms with van der Waals surface area (Å²) in [6.45, 7) is 12.0. The number of hydrogen-bond acceptors (Lipinski definition) is 3. The van der Waals surface area contributed by atoms with E-state index in [9.17, 15) is 0 Å². The number of nitrogens with zero attached hydrogens (tertiary/aromatic N) is 1. The zero-order chi connectivity index (χ0) is 15.4. The lowest BCUT2D eigenvalue weighted by Crippen LogP contribution is -2.63. The third-order valence-corrected chi connectivity index (χ3v) is 7.02. The molecule has 0 amide bonds. The molecule has 2 rings (SSSR count). The molecule has 0 spiro atoms. The van der Waals surface area contributed by atoms with Crippen LogP contribution in [0.3, 0.4) is 0 Å². The average molecular weight is 313 g/mol. The van der Waals surface area contributed by atoms with Crippen LogP contribution in [0.5, 0.6) is 0 Å². The molecule has 0 bridgehead atoms. The Balaban J connectivity index is 2.06. The highest BCUT2D eigenvalue weighted by atomic mass is 32.2. The van der Waals surface area contributed by atoms with Crippen LogP contribution >= 0.6 is 11.8 Å². The quantitative estimate of drug-likeness (QED) is 0.826. The molecule has 2 aliphatic rings. The molecule has 0 aromatic carbocycles. The smallest absolute Gasteiger partial charge is 0.0247 e. The van der Waals surface area contributed by atoms with Crippen molar-refractivity contribution < 1.29 is 0 Å². The number of thioether (sulfide) groups is 1. The minimum absolute atomic E-state index is 0.694. The maximum atomic E-state index is 3.85. The van der Waals surface area contributed by atoms with Crippen LogP contribution in [-0.2, 0) is 0 Å². The Hall–Kier alpha value is 0.270. The molecule has 2 fully saturated rings. The van der Waals surface area contributed by atoms with Crippen LogP contribution in [0, 0.1) is 11.8 Å². The van der Waals surface area contributed by atoms with Gasteiger partial charge in [0, 0.05) is 36.5 Å². The summed E-state index contributed by atoms with van der Waals surface area (Å²) in [6, 6.07) is 2.26. The fraction of sp³-hybridized carbons (Fsp3) is 1.00. The summed E-state index contributed by atoms with van der Waals surface area (Å²) < 4.78 is 0. The van der Waals surface area contributed by atoms with E-state index in [-0.39, 0.29) is 0 Å². The lowest BCUT2D eigenvalue weighted by Gasteiger charge is -2.49. The highest BCUT2D eigenvalue weighted by Gasteiger charge is 2.37. The Morgan fingerprint density at radius 2 is 2.00 bits per heavy atom. The van der Waals surface area contributed by atoms with Crippen LogP contribution in [0.4, 0.5) is 0 Å². The molecule has 1 saturated heterocycles. The summed E-state index contributed by atoms with van der Waals surface area (Å²) in [5.74, 6) is 1.55. The molecule has 1 saturated carbocycles. The highest BCUT2D eigenvalue weighted by Crippen LogP contribution is 2.33. The normalized spacial score (nSPS) is 36.9. The van der Waals surface area contributed by atoms with Crippen molar-refractivity contribution in [2.24, 2.45) is 11.8 Å². The summed E-state index contributed by atoms with van der Waals surface area (Å²) in [5, 5.41) is 4.75. The first-order valence-corrected chi connectivity index (χ1v) is 10.4. The molecule has 0 aromatic rings. The molecule has 0 radical (unpaired) electrons. The van der Waals surface area contributed by atoms with E-state index in [0.717, 1.165) is 29.2 Å². The van der Waals surface area contributed by atoms with Crippen LogP contribution in [0.2, 0.25) is 0 Å². The van der Waals surface area contributed by atoms with Crippen molar-refractivity contribution in [2.75, 3.05) is 19.3 Å². The molecule has 1 aliphatic carbocycles. The molecule has 1 heterocycles. The number of hydrogen-bond donors (Lipinski definition) is 1. The van der Waals surface area contributed by atoms with Gasteiger partial charge in [0.05, 0.1) is 0 Å². The van der Waals surface area contributed by atoms with Crippen molar-refractivity contribution in [3.8, 4) is 0 Å². The molecular weight excluding hydrogens is 276 g/mol. The Kier molecular flexibility index (Phi) is 6.89. The van der Waals surface area contributed by atoms with Crippen LogP contribution < -0.4 is 5.32 Å². The Morgan fingerprint density at radius 1 is 1.24 bits per heavy atom. The van der Waals surface area contributed by atoms with Crippen molar-refractivity contribution in [2.45, 2.75) is 83.2 Å². The van der Waals surface area contributed by atoms with Gasteiger partial charge in [0.15, 0.2) is 0 Å². The SMILES string of the molecule is CCC(C)C1CN(C2CCCC(SC)C2)C(C(C)C)CN1. The zero-order valence-electron chi connectivity index (χ0n) is 14.8. The Labute approximate surface area is 136 Å². The minimum Gasteiger partial charge on any atom is -0.311 e. The van der Waals surface area contributed by atoms with Gasteiger partial charge in [0.2, 0.25) is 0 Å². The average Bonchev–Trinajstić information content (AvgIpc) is 2.53. The summed E-state index contributed by atoms with van der Waals surface area (Å²) in [4.78, 5) is 2.90. The third-order valence-electron chi connectivity index (χ3n) is 5.92. The molecule has 3 heteroatoms. The summed E-state index contributed by atoms with van der Waals surface area (Å²) in [5.41, 5.74) is 0. The Morgan fingerprint density at radius 3 is 2.62 bits per heavy atom. The van der Waals surface area contributed by atoms with Crippen LogP contribution in [0.25, 0.3) is 0 Å². The molecule has 5 atom stereocenters. The molecule has 1 aliphatic heterocycles. The second-order valence-electron chi connectivity index (χ2n) is 7.59. The largest absolute Gasteiger partial charge is 0.311 e. The fourth-order valence-corrected chi connectivity index (χ4v) is 4.97. The van der Waals surface area contributed by atoms with Crippen molar-refractivity contribution >= 4 is 11.8 Å². The molecule has 2 nitrogen and oxygen atoms in total. The van der Waals surface area contributed by atoms with Gasteiger partial charge >= 0.3 is 0 Å².